The maximum absolute atomic E-state index is 12.6. The smallest absolute Gasteiger partial charge is 0.321 e. The van der Waals surface area contributed by atoms with Crippen LogP contribution in [-0.4, -0.2) is 26.3 Å². The molecule has 2 N–H and O–H groups in total. The Hall–Kier alpha value is -2.26. The fraction of sp³-hybridized carbons (Fsp3) is 0.200. The SMILES string of the molecule is CC(C)C(NS(=O)c1ccc2c(c1)oc1ccc(-c3ncc(Cl)s3)cc12)C(=O)O. The zero-order valence-electron chi connectivity index (χ0n) is 15.5. The molecule has 0 radical (unpaired) electrons. The highest BCUT2D eigenvalue weighted by Crippen LogP contribution is 2.35. The van der Waals surface area contributed by atoms with E-state index in [1.54, 1.807) is 32.2 Å². The predicted molar refractivity (Wildman–Crippen MR) is 116 cm³/mol. The normalized spacial score (nSPS) is 13.9. The maximum Gasteiger partial charge on any atom is 0.321 e. The fourth-order valence-corrected chi connectivity index (χ4v) is 5.10. The molecule has 0 spiro atoms. The van der Waals surface area contributed by atoms with Gasteiger partial charge in [0.1, 0.15) is 37.5 Å². The van der Waals surface area contributed by atoms with Gasteiger partial charge in [0.2, 0.25) is 0 Å². The van der Waals surface area contributed by atoms with Crippen LogP contribution in [0.1, 0.15) is 13.8 Å². The number of fused-ring (bicyclic) bond motifs is 3. The summed E-state index contributed by atoms with van der Waals surface area (Å²) in [6.07, 6.45) is 1.62. The molecule has 0 amide bonds. The number of aromatic nitrogens is 1. The summed E-state index contributed by atoms with van der Waals surface area (Å²) in [5.41, 5.74) is 2.22. The van der Waals surface area contributed by atoms with Crippen molar-refractivity contribution in [1.29, 1.82) is 0 Å². The van der Waals surface area contributed by atoms with Crippen LogP contribution in [0.2, 0.25) is 4.34 Å². The Kier molecular flexibility index (Phi) is 5.44. The summed E-state index contributed by atoms with van der Waals surface area (Å²) in [6, 6.07) is 10.1. The standard InChI is InChI=1S/C20H17ClN2O4S2/c1-10(2)18(20(24)25)23-29(26)12-4-5-13-14-7-11(19-22-9-17(21)28-19)3-6-15(14)27-16(13)8-12/h3-10,18,23H,1-2H3,(H,24,25). The molecule has 2 heterocycles. The van der Waals surface area contributed by atoms with Gasteiger partial charge in [0.15, 0.2) is 0 Å². The van der Waals surface area contributed by atoms with Crippen molar-refractivity contribution in [1.82, 2.24) is 9.71 Å². The predicted octanol–water partition coefficient (Wildman–Crippen LogP) is 5.08. The summed E-state index contributed by atoms with van der Waals surface area (Å²) in [4.78, 5) is 16.1. The van der Waals surface area contributed by atoms with Crippen LogP contribution >= 0.6 is 22.9 Å². The molecule has 150 valence electrons. The first kappa shape index (κ1) is 20.0. The molecule has 0 saturated heterocycles. The number of rotatable bonds is 6. The quantitative estimate of drug-likeness (QED) is 0.429. The van der Waals surface area contributed by atoms with Gasteiger partial charge in [0.05, 0.1) is 11.1 Å². The number of hydrogen-bond donors (Lipinski definition) is 2. The minimum absolute atomic E-state index is 0.204. The van der Waals surface area contributed by atoms with Crippen molar-refractivity contribution >= 4 is 61.8 Å². The summed E-state index contributed by atoms with van der Waals surface area (Å²) in [5, 5.41) is 11.9. The Bertz CT molecular complexity index is 1250. The number of carboxylic acid groups (broad SMARTS) is 1. The zero-order valence-corrected chi connectivity index (χ0v) is 17.9. The number of thiazole rings is 1. The van der Waals surface area contributed by atoms with E-state index in [1.165, 1.54) is 11.3 Å². The average Bonchev–Trinajstić information content (AvgIpc) is 3.27. The molecule has 0 aliphatic carbocycles. The van der Waals surface area contributed by atoms with E-state index in [-0.39, 0.29) is 5.92 Å². The van der Waals surface area contributed by atoms with Gasteiger partial charge >= 0.3 is 5.97 Å². The van der Waals surface area contributed by atoms with Crippen LogP contribution in [0.25, 0.3) is 32.5 Å². The number of aliphatic carboxylic acids is 1. The van der Waals surface area contributed by atoms with E-state index in [2.05, 4.69) is 9.71 Å². The lowest BCUT2D eigenvalue weighted by Gasteiger charge is -2.17. The first-order chi connectivity index (χ1) is 13.8. The van der Waals surface area contributed by atoms with Gasteiger partial charge in [-0.3, -0.25) is 4.79 Å². The second-order valence-electron chi connectivity index (χ2n) is 6.89. The van der Waals surface area contributed by atoms with Crippen molar-refractivity contribution < 1.29 is 18.5 Å². The van der Waals surface area contributed by atoms with Crippen LogP contribution < -0.4 is 4.72 Å². The molecule has 0 aliphatic heterocycles. The number of carbonyl (C=O) groups is 1. The van der Waals surface area contributed by atoms with Gasteiger partial charge in [-0.25, -0.2) is 13.9 Å². The lowest BCUT2D eigenvalue weighted by Crippen LogP contribution is -2.41. The second kappa shape index (κ2) is 7.87. The molecular weight excluding hydrogens is 432 g/mol. The van der Waals surface area contributed by atoms with Gasteiger partial charge in [-0.1, -0.05) is 25.4 Å². The summed E-state index contributed by atoms with van der Waals surface area (Å²) in [7, 11) is -1.68. The molecular formula is C20H17ClN2O4S2. The van der Waals surface area contributed by atoms with Crippen LogP contribution in [0.5, 0.6) is 0 Å². The van der Waals surface area contributed by atoms with Crippen LogP contribution in [0.15, 0.2) is 51.9 Å². The van der Waals surface area contributed by atoms with Gasteiger partial charge in [0, 0.05) is 16.3 Å². The lowest BCUT2D eigenvalue weighted by atomic mass is 10.1. The summed E-state index contributed by atoms with van der Waals surface area (Å²) < 4.78 is 21.9. The lowest BCUT2D eigenvalue weighted by molar-refractivity contribution is -0.140. The Morgan fingerprint density at radius 2 is 2.00 bits per heavy atom. The van der Waals surface area contributed by atoms with Crippen LogP contribution in [0.3, 0.4) is 0 Å². The first-order valence-electron chi connectivity index (χ1n) is 8.82. The van der Waals surface area contributed by atoms with E-state index in [1.807, 2.05) is 24.3 Å². The van der Waals surface area contributed by atoms with Gasteiger partial charge in [-0.2, -0.15) is 0 Å². The number of furan rings is 1. The number of halogens is 1. The maximum atomic E-state index is 12.6. The molecule has 0 bridgehead atoms. The molecule has 2 atom stereocenters. The Morgan fingerprint density at radius 1 is 1.21 bits per heavy atom. The van der Waals surface area contributed by atoms with Crippen molar-refractivity contribution in [2.24, 2.45) is 5.92 Å². The molecule has 0 fully saturated rings. The number of carboxylic acids is 1. The van der Waals surface area contributed by atoms with E-state index < -0.39 is 23.0 Å². The second-order valence-corrected chi connectivity index (χ2v) is 9.79. The Morgan fingerprint density at radius 3 is 2.66 bits per heavy atom. The topological polar surface area (TPSA) is 92.4 Å². The highest BCUT2D eigenvalue weighted by molar-refractivity contribution is 7.83. The summed E-state index contributed by atoms with van der Waals surface area (Å²) in [5.74, 6) is -1.24. The van der Waals surface area contributed by atoms with Crippen molar-refractivity contribution in [3.05, 3.63) is 46.9 Å². The molecule has 9 heteroatoms. The van der Waals surface area contributed by atoms with E-state index >= 15 is 0 Å². The highest BCUT2D eigenvalue weighted by atomic mass is 35.5. The monoisotopic (exact) mass is 448 g/mol. The van der Waals surface area contributed by atoms with E-state index in [9.17, 15) is 14.1 Å². The summed E-state index contributed by atoms with van der Waals surface area (Å²) in [6.45, 7) is 3.53. The van der Waals surface area contributed by atoms with Gasteiger partial charge < -0.3 is 9.52 Å². The van der Waals surface area contributed by atoms with E-state index in [0.29, 0.717) is 20.4 Å². The van der Waals surface area contributed by atoms with Gasteiger partial charge in [0.25, 0.3) is 0 Å². The van der Waals surface area contributed by atoms with Crippen molar-refractivity contribution in [2.45, 2.75) is 24.8 Å². The van der Waals surface area contributed by atoms with E-state index in [0.717, 1.165) is 21.3 Å². The third kappa shape index (κ3) is 3.93. The van der Waals surface area contributed by atoms with Crippen molar-refractivity contribution in [3.8, 4) is 10.6 Å². The van der Waals surface area contributed by atoms with E-state index in [4.69, 9.17) is 16.0 Å². The number of nitrogens with zero attached hydrogens (tertiary/aromatic N) is 1. The number of hydrogen-bond acceptors (Lipinski definition) is 5. The number of benzene rings is 2. The summed E-state index contributed by atoms with van der Waals surface area (Å²) >= 11 is 7.39. The molecule has 0 saturated carbocycles. The minimum Gasteiger partial charge on any atom is -0.480 e. The first-order valence-corrected chi connectivity index (χ1v) is 11.2. The van der Waals surface area contributed by atoms with Crippen LogP contribution in [0, 0.1) is 5.92 Å². The Labute approximate surface area is 178 Å². The third-order valence-electron chi connectivity index (χ3n) is 4.55. The van der Waals surface area contributed by atoms with Gasteiger partial charge in [-0.15, -0.1) is 11.3 Å². The minimum atomic E-state index is -1.68. The molecule has 2 aromatic carbocycles. The highest BCUT2D eigenvalue weighted by Gasteiger charge is 2.24. The van der Waals surface area contributed by atoms with Crippen molar-refractivity contribution in [2.75, 3.05) is 0 Å². The average molecular weight is 449 g/mol. The molecule has 29 heavy (non-hydrogen) atoms. The zero-order chi connectivity index (χ0) is 20.7. The molecule has 4 aromatic rings. The van der Waals surface area contributed by atoms with Crippen LogP contribution in [-0.2, 0) is 15.8 Å². The fourth-order valence-electron chi connectivity index (χ4n) is 3.05. The largest absolute Gasteiger partial charge is 0.480 e. The molecule has 4 rings (SSSR count). The van der Waals surface area contributed by atoms with Crippen molar-refractivity contribution in [3.63, 3.8) is 0 Å². The third-order valence-corrected chi connectivity index (χ3v) is 6.86. The Balaban J connectivity index is 1.70. The van der Waals surface area contributed by atoms with Crippen LogP contribution in [0.4, 0.5) is 0 Å². The number of nitrogens with one attached hydrogen (secondary N) is 1. The molecule has 6 nitrogen and oxygen atoms in total. The molecule has 0 aliphatic rings. The molecule has 2 unspecified atom stereocenters. The van der Waals surface area contributed by atoms with Gasteiger partial charge in [-0.05, 0) is 42.3 Å². The molecule has 2 aromatic heterocycles.